The van der Waals surface area contributed by atoms with Gasteiger partial charge in [0.2, 0.25) is 5.60 Å². The van der Waals surface area contributed by atoms with Crippen LogP contribution in [0, 0.1) is 6.92 Å². The summed E-state index contributed by atoms with van der Waals surface area (Å²) in [6.07, 6.45) is -4.94. The Hall–Kier alpha value is -1.71. The number of fused-ring (bicyclic) bond motifs is 1. The van der Waals surface area contributed by atoms with Gasteiger partial charge in [-0.15, -0.1) is 11.3 Å². The lowest BCUT2D eigenvalue weighted by Crippen LogP contribution is -2.43. The molecule has 0 saturated heterocycles. The first-order valence-electron chi connectivity index (χ1n) is 6.12. The Bertz CT molecular complexity index is 810. The number of aryl methyl sites for hydroxylation is 1. The van der Waals surface area contributed by atoms with Crippen LogP contribution < -0.4 is 5.73 Å². The van der Waals surface area contributed by atoms with Crippen LogP contribution in [0.25, 0.3) is 10.2 Å². The highest BCUT2D eigenvalue weighted by atomic mass is 32.1. The normalized spacial score (nSPS) is 15.1. The Morgan fingerprint density at radius 1 is 1.14 bits per heavy atom. The molecule has 1 unspecified atom stereocenters. The van der Waals surface area contributed by atoms with Crippen LogP contribution in [0.5, 0.6) is 0 Å². The number of aliphatic hydroxyl groups is 1. The van der Waals surface area contributed by atoms with Gasteiger partial charge in [-0.3, -0.25) is 0 Å². The van der Waals surface area contributed by atoms with Crippen molar-refractivity contribution in [3.63, 3.8) is 0 Å². The maximum atomic E-state index is 13.6. The van der Waals surface area contributed by atoms with Crippen LogP contribution in [-0.4, -0.2) is 21.3 Å². The van der Waals surface area contributed by atoms with Crippen LogP contribution in [0.1, 0.15) is 15.6 Å². The van der Waals surface area contributed by atoms with E-state index in [0.29, 0.717) is 21.6 Å². The molecule has 116 valence electrons. The maximum Gasteiger partial charge on any atom is 0.429 e. The van der Waals surface area contributed by atoms with Gasteiger partial charge in [0.15, 0.2) is 5.13 Å². The van der Waals surface area contributed by atoms with Gasteiger partial charge in [-0.05, 0) is 19.1 Å². The first kappa shape index (κ1) is 15.2. The highest BCUT2D eigenvalue weighted by molar-refractivity contribution is 7.19. The number of nitrogen functional groups attached to an aromatic ring is 1. The molecule has 2 aromatic heterocycles. The Morgan fingerprint density at radius 2 is 1.82 bits per heavy atom. The zero-order valence-corrected chi connectivity index (χ0v) is 12.8. The quantitative estimate of drug-likeness (QED) is 0.746. The monoisotopic (exact) mass is 345 g/mol. The fraction of sp³-hybridized carbons (Fsp3) is 0.231. The number of halogens is 3. The van der Waals surface area contributed by atoms with Crippen LogP contribution in [-0.2, 0) is 5.60 Å². The Balaban J connectivity index is 2.29. The van der Waals surface area contributed by atoms with E-state index in [1.54, 1.807) is 24.3 Å². The summed E-state index contributed by atoms with van der Waals surface area (Å²) in [4.78, 5) is 7.40. The molecule has 0 radical (unpaired) electrons. The molecule has 2 heterocycles. The van der Waals surface area contributed by atoms with E-state index >= 15 is 0 Å². The minimum absolute atomic E-state index is 0.0312. The molecule has 0 amide bonds. The molecule has 0 bridgehead atoms. The Kier molecular flexibility index (Phi) is 3.38. The number of thiazole rings is 2. The van der Waals surface area contributed by atoms with Crippen molar-refractivity contribution in [1.29, 1.82) is 0 Å². The van der Waals surface area contributed by atoms with Crippen LogP contribution in [0.4, 0.5) is 18.3 Å². The minimum Gasteiger partial charge on any atom is -0.375 e. The largest absolute Gasteiger partial charge is 0.429 e. The van der Waals surface area contributed by atoms with Gasteiger partial charge >= 0.3 is 6.18 Å². The molecule has 0 aliphatic rings. The Labute approximate surface area is 131 Å². The summed E-state index contributed by atoms with van der Waals surface area (Å²) in [6, 6.07) is 6.63. The number of hydrogen-bond donors (Lipinski definition) is 2. The summed E-state index contributed by atoms with van der Waals surface area (Å²) in [5.41, 5.74) is 2.72. The van der Waals surface area contributed by atoms with E-state index in [4.69, 9.17) is 5.73 Å². The Morgan fingerprint density at radius 3 is 2.36 bits per heavy atom. The van der Waals surface area contributed by atoms with Crippen molar-refractivity contribution in [2.45, 2.75) is 18.7 Å². The number of anilines is 1. The summed E-state index contributed by atoms with van der Waals surface area (Å²) >= 11 is 1.42. The van der Waals surface area contributed by atoms with Gasteiger partial charge in [0.1, 0.15) is 5.01 Å². The average Bonchev–Trinajstić information content (AvgIpc) is 2.99. The van der Waals surface area contributed by atoms with Gasteiger partial charge in [-0.25, -0.2) is 9.97 Å². The standard InChI is InChI=1S/C13H10F3N3OS2/c1-6-9(22-11(17)18-6)12(20,13(14,15)16)10-19-7-4-2-3-5-8(7)21-10/h2-5,20H,1H3,(H2,17,18). The van der Waals surface area contributed by atoms with Crippen LogP contribution in [0.3, 0.4) is 0 Å². The molecule has 0 aliphatic heterocycles. The number of alkyl halides is 3. The summed E-state index contributed by atoms with van der Waals surface area (Å²) in [7, 11) is 0. The molecular weight excluding hydrogens is 335 g/mol. The molecule has 3 aromatic rings. The molecule has 0 fully saturated rings. The highest BCUT2D eigenvalue weighted by Crippen LogP contribution is 2.49. The topological polar surface area (TPSA) is 72.0 Å². The van der Waals surface area contributed by atoms with E-state index in [1.807, 2.05) is 0 Å². The number of benzene rings is 1. The number of para-hydroxylation sites is 1. The average molecular weight is 345 g/mol. The summed E-state index contributed by atoms with van der Waals surface area (Å²) < 4.78 is 41.5. The van der Waals surface area contributed by atoms with E-state index in [1.165, 1.54) is 6.92 Å². The van der Waals surface area contributed by atoms with Crippen molar-refractivity contribution in [2.24, 2.45) is 0 Å². The maximum absolute atomic E-state index is 13.6. The second-order valence-corrected chi connectivity index (χ2v) is 6.72. The lowest BCUT2D eigenvalue weighted by atomic mass is 10.0. The minimum atomic E-state index is -4.94. The second kappa shape index (κ2) is 4.90. The molecule has 4 nitrogen and oxygen atoms in total. The molecule has 1 aromatic carbocycles. The number of hydrogen-bond acceptors (Lipinski definition) is 6. The predicted molar refractivity (Wildman–Crippen MR) is 79.9 cm³/mol. The number of nitrogens with zero attached hydrogens (tertiary/aromatic N) is 2. The van der Waals surface area contributed by atoms with Crippen LogP contribution >= 0.6 is 22.7 Å². The highest BCUT2D eigenvalue weighted by Gasteiger charge is 2.60. The molecule has 0 aliphatic carbocycles. The van der Waals surface area contributed by atoms with Gasteiger partial charge in [0.25, 0.3) is 0 Å². The molecule has 1 atom stereocenters. The molecule has 9 heteroatoms. The number of rotatable bonds is 2. The SMILES string of the molecule is Cc1nc(N)sc1C(O)(c1nc2ccccc2s1)C(F)(F)F. The molecule has 0 saturated carbocycles. The van der Waals surface area contributed by atoms with E-state index in [0.717, 1.165) is 11.3 Å². The second-order valence-electron chi connectivity index (χ2n) is 4.66. The van der Waals surface area contributed by atoms with E-state index in [-0.39, 0.29) is 15.7 Å². The zero-order chi connectivity index (χ0) is 16.1. The third kappa shape index (κ3) is 2.16. The number of aromatic nitrogens is 2. The van der Waals surface area contributed by atoms with Crippen molar-refractivity contribution in [3.05, 3.63) is 39.8 Å². The summed E-state index contributed by atoms with van der Waals surface area (Å²) in [6.45, 7) is 1.38. The third-order valence-electron chi connectivity index (χ3n) is 3.16. The van der Waals surface area contributed by atoms with E-state index < -0.39 is 16.8 Å². The van der Waals surface area contributed by atoms with Crippen molar-refractivity contribution in [2.75, 3.05) is 5.73 Å². The van der Waals surface area contributed by atoms with Crippen LogP contribution in [0.2, 0.25) is 0 Å². The van der Waals surface area contributed by atoms with Gasteiger partial charge in [0, 0.05) is 0 Å². The van der Waals surface area contributed by atoms with Crippen LogP contribution in [0.15, 0.2) is 24.3 Å². The fourth-order valence-corrected chi connectivity index (χ4v) is 4.22. The molecule has 22 heavy (non-hydrogen) atoms. The summed E-state index contributed by atoms with van der Waals surface area (Å²) in [5, 5.41) is 10.1. The van der Waals surface area contributed by atoms with Crippen molar-refractivity contribution < 1.29 is 18.3 Å². The predicted octanol–water partition coefficient (Wildman–Crippen LogP) is 3.44. The number of nitrogens with two attached hydrogens (primary N) is 1. The first-order chi connectivity index (χ1) is 10.2. The first-order valence-corrected chi connectivity index (χ1v) is 7.75. The smallest absolute Gasteiger partial charge is 0.375 e. The molecule has 3 rings (SSSR count). The zero-order valence-electron chi connectivity index (χ0n) is 11.2. The van der Waals surface area contributed by atoms with Crippen molar-refractivity contribution in [3.8, 4) is 0 Å². The summed E-state index contributed by atoms with van der Waals surface area (Å²) in [5.74, 6) is 0. The van der Waals surface area contributed by atoms with Gasteiger partial charge in [0.05, 0.1) is 20.8 Å². The molecule has 0 spiro atoms. The van der Waals surface area contributed by atoms with E-state index in [2.05, 4.69) is 9.97 Å². The van der Waals surface area contributed by atoms with Crippen molar-refractivity contribution in [1.82, 2.24) is 9.97 Å². The lowest BCUT2D eigenvalue weighted by Gasteiger charge is -2.27. The molecule has 3 N–H and O–H groups in total. The van der Waals surface area contributed by atoms with Gasteiger partial charge in [-0.1, -0.05) is 23.5 Å². The third-order valence-corrected chi connectivity index (χ3v) is 5.40. The van der Waals surface area contributed by atoms with Gasteiger partial charge < -0.3 is 10.8 Å². The fourth-order valence-electron chi connectivity index (χ4n) is 2.13. The molecular formula is C13H10F3N3OS2. The van der Waals surface area contributed by atoms with Crippen molar-refractivity contribution >= 4 is 38.0 Å². The van der Waals surface area contributed by atoms with Gasteiger partial charge in [-0.2, -0.15) is 13.2 Å². The van der Waals surface area contributed by atoms with E-state index in [9.17, 15) is 18.3 Å². The lowest BCUT2D eigenvalue weighted by molar-refractivity contribution is -0.247.